The summed E-state index contributed by atoms with van der Waals surface area (Å²) in [5.74, 6) is 2.70. The Kier molecular flexibility index (Phi) is 3.99. The van der Waals surface area contributed by atoms with Crippen LogP contribution in [0.25, 0.3) is 0 Å². The number of fused-ring (bicyclic) bond motifs is 6. The van der Waals surface area contributed by atoms with Gasteiger partial charge in [0.05, 0.1) is 25.1 Å². The summed E-state index contributed by atoms with van der Waals surface area (Å²) in [6.45, 7) is 9.99. The lowest BCUT2D eigenvalue weighted by Crippen LogP contribution is -2.45. The Morgan fingerprint density at radius 1 is 1.16 bits per heavy atom. The minimum atomic E-state index is 0.236. The highest BCUT2D eigenvalue weighted by Gasteiger charge is 2.68. The van der Waals surface area contributed by atoms with E-state index in [2.05, 4.69) is 32.1 Å². The van der Waals surface area contributed by atoms with Crippen molar-refractivity contribution in [1.29, 1.82) is 0 Å². The van der Waals surface area contributed by atoms with Gasteiger partial charge in [0.15, 0.2) is 0 Å². The van der Waals surface area contributed by atoms with Crippen molar-refractivity contribution in [3.05, 3.63) is 35.1 Å². The predicted molar refractivity (Wildman–Crippen MR) is 102 cm³/mol. The van der Waals surface area contributed by atoms with Gasteiger partial charge in [-0.25, -0.2) is 0 Å². The van der Waals surface area contributed by atoms with Crippen molar-refractivity contribution in [3.8, 4) is 0 Å². The molecule has 0 aromatic rings. The molecule has 0 aromatic carbocycles. The molecule has 0 aromatic heterocycles. The molecule has 2 nitrogen and oxygen atoms in total. The van der Waals surface area contributed by atoms with Gasteiger partial charge >= 0.3 is 0 Å². The van der Waals surface area contributed by atoms with Crippen molar-refractivity contribution in [1.82, 2.24) is 0 Å². The van der Waals surface area contributed by atoms with Crippen LogP contribution >= 0.6 is 0 Å². The molecule has 4 aliphatic carbocycles. The molecule has 1 saturated heterocycles. The van der Waals surface area contributed by atoms with Gasteiger partial charge in [-0.05, 0) is 55.6 Å². The van der Waals surface area contributed by atoms with Crippen molar-refractivity contribution in [3.63, 3.8) is 0 Å². The maximum Gasteiger partial charge on any atom is 0.0975 e. The number of rotatable bonds is 1. The summed E-state index contributed by atoms with van der Waals surface area (Å²) in [5, 5.41) is 0. The molecule has 1 saturated carbocycles. The Labute approximate surface area is 153 Å². The zero-order valence-electron chi connectivity index (χ0n) is 16.7. The second kappa shape index (κ2) is 5.74. The van der Waals surface area contributed by atoms with Gasteiger partial charge in [0.1, 0.15) is 0 Å². The quantitative estimate of drug-likeness (QED) is 0.443. The fourth-order valence-electron chi connectivity index (χ4n) is 6.42. The number of hydrogen-bond acceptors (Lipinski definition) is 2. The molecule has 0 N–H and O–H groups in total. The summed E-state index contributed by atoms with van der Waals surface area (Å²) in [5.41, 5.74) is 4.10. The fraction of sp³-hybridized carbons (Fsp3) is 0.739. The van der Waals surface area contributed by atoms with Gasteiger partial charge in [-0.1, -0.05) is 45.4 Å². The number of methoxy groups -OCH3 is 1. The largest absolute Gasteiger partial charge is 0.501 e. The van der Waals surface area contributed by atoms with Gasteiger partial charge in [-0.2, -0.15) is 0 Å². The highest BCUT2D eigenvalue weighted by molar-refractivity contribution is 5.45. The summed E-state index contributed by atoms with van der Waals surface area (Å²) in [6, 6.07) is 0. The van der Waals surface area contributed by atoms with E-state index in [-0.39, 0.29) is 11.0 Å². The fourth-order valence-corrected chi connectivity index (χ4v) is 6.42. The molecule has 2 heteroatoms. The van der Waals surface area contributed by atoms with E-state index in [0.717, 1.165) is 30.6 Å². The first-order valence-corrected chi connectivity index (χ1v) is 10.3. The van der Waals surface area contributed by atoms with E-state index >= 15 is 0 Å². The predicted octanol–water partition coefficient (Wildman–Crippen LogP) is 5.80. The Balaban J connectivity index is 0.000000758. The normalized spacial score (nSPS) is 46.5. The van der Waals surface area contributed by atoms with E-state index in [1.54, 1.807) is 12.7 Å². The van der Waals surface area contributed by atoms with E-state index in [0.29, 0.717) is 5.41 Å². The lowest BCUT2D eigenvalue weighted by atomic mass is 9.52. The van der Waals surface area contributed by atoms with Crippen molar-refractivity contribution in [2.45, 2.75) is 71.8 Å². The lowest BCUT2D eigenvalue weighted by molar-refractivity contribution is 0.0679. The summed E-state index contributed by atoms with van der Waals surface area (Å²) in [4.78, 5) is 0. The van der Waals surface area contributed by atoms with E-state index in [1.807, 2.05) is 13.8 Å². The summed E-state index contributed by atoms with van der Waals surface area (Å²) in [6.07, 6.45) is 14.8. The number of allylic oxidation sites excluding steroid dienone is 6. The molecular formula is C23H34O2. The highest BCUT2D eigenvalue weighted by Crippen LogP contribution is 2.68. The SMILES string of the molecule is CC.COC1=CC2=CCC3C(=CCC4(C)C3CC[C@@]43CO3)C2(C)CC1. The molecule has 2 fully saturated rings. The smallest absolute Gasteiger partial charge is 0.0975 e. The van der Waals surface area contributed by atoms with Gasteiger partial charge in [-0.15, -0.1) is 0 Å². The molecule has 0 radical (unpaired) electrons. The molecule has 4 unspecified atom stereocenters. The van der Waals surface area contributed by atoms with Gasteiger partial charge in [0, 0.05) is 17.3 Å². The first-order valence-electron chi connectivity index (χ1n) is 10.3. The molecule has 5 aliphatic rings. The molecule has 1 aliphatic heterocycles. The van der Waals surface area contributed by atoms with Crippen molar-refractivity contribution < 1.29 is 9.47 Å². The third kappa shape index (κ3) is 2.19. The average molecular weight is 343 g/mol. The minimum absolute atomic E-state index is 0.236. The van der Waals surface area contributed by atoms with E-state index in [4.69, 9.17) is 9.47 Å². The van der Waals surface area contributed by atoms with Gasteiger partial charge in [0.2, 0.25) is 0 Å². The van der Waals surface area contributed by atoms with Crippen LogP contribution in [-0.2, 0) is 9.47 Å². The number of hydrogen-bond donors (Lipinski definition) is 0. The summed E-state index contributed by atoms with van der Waals surface area (Å²) >= 11 is 0. The molecule has 25 heavy (non-hydrogen) atoms. The van der Waals surface area contributed by atoms with Crippen LogP contribution in [0.4, 0.5) is 0 Å². The highest BCUT2D eigenvalue weighted by atomic mass is 16.6. The van der Waals surface area contributed by atoms with Gasteiger partial charge < -0.3 is 9.47 Å². The second-order valence-electron chi connectivity index (χ2n) is 8.86. The topological polar surface area (TPSA) is 21.8 Å². The zero-order chi connectivity index (χ0) is 17.9. The zero-order valence-corrected chi connectivity index (χ0v) is 16.7. The van der Waals surface area contributed by atoms with Crippen LogP contribution in [0, 0.1) is 22.7 Å². The minimum Gasteiger partial charge on any atom is -0.501 e. The Bertz CT molecular complexity index is 651. The number of epoxide rings is 1. The van der Waals surface area contributed by atoms with Crippen LogP contribution in [0.15, 0.2) is 35.1 Å². The maximum atomic E-state index is 6.00. The molecule has 0 bridgehead atoms. The van der Waals surface area contributed by atoms with Crippen LogP contribution in [0.3, 0.4) is 0 Å². The average Bonchev–Trinajstić information content (AvgIpc) is 3.37. The van der Waals surface area contributed by atoms with Gasteiger partial charge in [0.25, 0.3) is 0 Å². The summed E-state index contributed by atoms with van der Waals surface area (Å²) in [7, 11) is 1.81. The van der Waals surface area contributed by atoms with Crippen molar-refractivity contribution >= 4 is 0 Å². The van der Waals surface area contributed by atoms with Crippen LogP contribution < -0.4 is 0 Å². The van der Waals surface area contributed by atoms with Crippen molar-refractivity contribution in [2.24, 2.45) is 22.7 Å². The molecular weight excluding hydrogens is 308 g/mol. The third-order valence-corrected chi connectivity index (χ3v) is 8.16. The van der Waals surface area contributed by atoms with Gasteiger partial charge in [-0.3, -0.25) is 0 Å². The second-order valence-corrected chi connectivity index (χ2v) is 8.86. The van der Waals surface area contributed by atoms with Crippen LogP contribution in [0.5, 0.6) is 0 Å². The molecule has 1 heterocycles. The first-order chi connectivity index (χ1) is 12.0. The van der Waals surface area contributed by atoms with E-state index in [9.17, 15) is 0 Å². The summed E-state index contributed by atoms with van der Waals surface area (Å²) < 4.78 is 11.5. The molecule has 5 rings (SSSR count). The lowest BCUT2D eigenvalue weighted by Gasteiger charge is -2.52. The van der Waals surface area contributed by atoms with Crippen LogP contribution in [0.1, 0.15) is 66.2 Å². The molecule has 5 atom stereocenters. The Hall–Kier alpha value is -1.02. The number of ether oxygens (including phenoxy) is 2. The maximum absolute atomic E-state index is 6.00. The standard InChI is InChI=1S/C21H28O2.C2H6/c1-19-9-6-15(22-3)12-14(19)4-5-16-17(19)7-10-20(2)18(16)8-11-21(20)13-23-21;1-2/h4,7,12,16,18H,5-6,8-11,13H2,1-3H3;1-2H3/t16?,18?,19?,20?,21-;/m1./s1. The van der Waals surface area contributed by atoms with Crippen LogP contribution in [-0.4, -0.2) is 19.3 Å². The Morgan fingerprint density at radius 3 is 2.60 bits per heavy atom. The Morgan fingerprint density at radius 2 is 1.92 bits per heavy atom. The van der Waals surface area contributed by atoms with Crippen LogP contribution in [0.2, 0.25) is 0 Å². The monoisotopic (exact) mass is 342 g/mol. The van der Waals surface area contributed by atoms with Crippen molar-refractivity contribution in [2.75, 3.05) is 13.7 Å². The third-order valence-electron chi connectivity index (χ3n) is 8.16. The first kappa shape index (κ1) is 17.4. The molecule has 0 amide bonds. The van der Waals surface area contributed by atoms with E-state index in [1.165, 1.54) is 37.7 Å². The molecule has 138 valence electrons. The molecule has 1 spiro atoms. The van der Waals surface area contributed by atoms with E-state index < -0.39 is 0 Å².